The van der Waals surface area contributed by atoms with Crippen molar-refractivity contribution in [1.29, 1.82) is 0 Å². The molecule has 0 spiro atoms. The van der Waals surface area contributed by atoms with E-state index in [1.54, 1.807) is 17.9 Å². The quantitative estimate of drug-likeness (QED) is 0.711. The second-order valence-corrected chi connectivity index (χ2v) is 3.25. The molecule has 0 saturated heterocycles. The van der Waals surface area contributed by atoms with Crippen molar-refractivity contribution in [3.05, 3.63) is 11.9 Å². The van der Waals surface area contributed by atoms with Crippen molar-refractivity contribution in [1.82, 2.24) is 20.3 Å². The molecule has 6 heteroatoms. The Bertz CT molecular complexity index is 324. The molecule has 0 aliphatic rings. The average molecular weight is 212 g/mol. The fourth-order valence-electron chi connectivity index (χ4n) is 1.13. The summed E-state index contributed by atoms with van der Waals surface area (Å²) in [7, 11) is 1.59. The van der Waals surface area contributed by atoms with Gasteiger partial charge in [0.05, 0.1) is 18.8 Å². The molecular formula is C9H16N4O2. The highest BCUT2D eigenvalue weighted by molar-refractivity contribution is 5.75. The standard InChI is InChI=1S/C9H16N4O2/c1-3-8(14)7-6-13(12-11-7)5-4-9(15)10-2/h6,8,14H,3-5H2,1-2H3,(H,10,15). The molecule has 0 saturated carbocycles. The van der Waals surface area contributed by atoms with Gasteiger partial charge < -0.3 is 10.4 Å². The van der Waals surface area contributed by atoms with E-state index < -0.39 is 6.10 Å². The molecule has 1 rings (SSSR count). The summed E-state index contributed by atoms with van der Waals surface area (Å²) in [6, 6.07) is 0. The molecule has 0 bridgehead atoms. The first-order valence-electron chi connectivity index (χ1n) is 4.96. The topological polar surface area (TPSA) is 80.0 Å². The van der Waals surface area contributed by atoms with Gasteiger partial charge >= 0.3 is 0 Å². The molecule has 6 nitrogen and oxygen atoms in total. The Hall–Kier alpha value is -1.43. The number of amides is 1. The van der Waals surface area contributed by atoms with E-state index in [1.165, 1.54) is 0 Å². The zero-order chi connectivity index (χ0) is 11.3. The van der Waals surface area contributed by atoms with Crippen molar-refractivity contribution in [3.63, 3.8) is 0 Å². The van der Waals surface area contributed by atoms with Gasteiger partial charge in [-0.2, -0.15) is 0 Å². The molecule has 2 N–H and O–H groups in total. The number of aryl methyl sites for hydroxylation is 1. The maximum atomic E-state index is 11.0. The SMILES string of the molecule is CCC(O)c1cn(CCC(=O)NC)nn1. The summed E-state index contributed by atoms with van der Waals surface area (Å²) >= 11 is 0. The van der Waals surface area contributed by atoms with Crippen LogP contribution in [0.25, 0.3) is 0 Å². The number of carbonyl (C=O) groups excluding carboxylic acids is 1. The van der Waals surface area contributed by atoms with Crippen LogP contribution in [0.3, 0.4) is 0 Å². The molecule has 1 unspecified atom stereocenters. The molecular weight excluding hydrogens is 196 g/mol. The summed E-state index contributed by atoms with van der Waals surface area (Å²) in [6.45, 7) is 2.34. The third-order valence-electron chi connectivity index (χ3n) is 2.13. The Kier molecular flexibility index (Phi) is 4.23. The Labute approximate surface area is 88.3 Å². The van der Waals surface area contributed by atoms with Gasteiger partial charge in [-0.05, 0) is 6.42 Å². The summed E-state index contributed by atoms with van der Waals surface area (Å²) < 4.78 is 1.56. The van der Waals surface area contributed by atoms with E-state index in [9.17, 15) is 9.90 Å². The highest BCUT2D eigenvalue weighted by Gasteiger charge is 2.09. The van der Waals surface area contributed by atoms with Crippen LogP contribution in [0.1, 0.15) is 31.6 Å². The van der Waals surface area contributed by atoms with Crippen molar-refractivity contribution in [3.8, 4) is 0 Å². The summed E-state index contributed by atoms with van der Waals surface area (Å²) in [5, 5.41) is 19.6. The van der Waals surface area contributed by atoms with Gasteiger partial charge in [-0.25, -0.2) is 0 Å². The number of aliphatic hydroxyl groups excluding tert-OH is 1. The predicted octanol–water partition coefficient (Wildman–Crippen LogP) is -0.142. The maximum absolute atomic E-state index is 11.0. The maximum Gasteiger partial charge on any atom is 0.221 e. The van der Waals surface area contributed by atoms with Gasteiger partial charge in [0.25, 0.3) is 0 Å². The normalized spacial score (nSPS) is 12.5. The van der Waals surface area contributed by atoms with Crippen LogP contribution in [0.5, 0.6) is 0 Å². The van der Waals surface area contributed by atoms with Crippen molar-refractivity contribution in [2.24, 2.45) is 0 Å². The number of carbonyl (C=O) groups is 1. The Morgan fingerprint density at radius 3 is 3.07 bits per heavy atom. The first-order valence-corrected chi connectivity index (χ1v) is 4.96. The zero-order valence-corrected chi connectivity index (χ0v) is 8.97. The van der Waals surface area contributed by atoms with E-state index in [0.29, 0.717) is 25.1 Å². The molecule has 15 heavy (non-hydrogen) atoms. The lowest BCUT2D eigenvalue weighted by molar-refractivity contribution is -0.120. The van der Waals surface area contributed by atoms with Gasteiger partial charge in [0.2, 0.25) is 5.91 Å². The van der Waals surface area contributed by atoms with Crippen LogP contribution in [0.2, 0.25) is 0 Å². The van der Waals surface area contributed by atoms with Gasteiger partial charge in [-0.3, -0.25) is 9.48 Å². The highest BCUT2D eigenvalue weighted by atomic mass is 16.3. The van der Waals surface area contributed by atoms with Gasteiger partial charge in [-0.15, -0.1) is 5.10 Å². The molecule has 84 valence electrons. The number of hydrogen-bond acceptors (Lipinski definition) is 4. The zero-order valence-electron chi connectivity index (χ0n) is 8.97. The third-order valence-corrected chi connectivity index (χ3v) is 2.13. The Morgan fingerprint density at radius 1 is 1.73 bits per heavy atom. The lowest BCUT2D eigenvalue weighted by atomic mass is 10.2. The van der Waals surface area contributed by atoms with Crippen molar-refractivity contribution in [2.75, 3.05) is 7.05 Å². The summed E-state index contributed by atoms with van der Waals surface area (Å²) in [6.07, 6.45) is 2.06. The van der Waals surface area contributed by atoms with E-state index in [2.05, 4.69) is 15.6 Å². The van der Waals surface area contributed by atoms with E-state index in [0.717, 1.165) is 0 Å². The first kappa shape index (κ1) is 11.6. The van der Waals surface area contributed by atoms with Crippen molar-refractivity contribution in [2.45, 2.75) is 32.4 Å². The van der Waals surface area contributed by atoms with Crippen molar-refractivity contribution < 1.29 is 9.90 Å². The second-order valence-electron chi connectivity index (χ2n) is 3.25. The average Bonchev–Trinajstić information content (AvgIpc) is 2.73. The summed E-state index contributed by atoms with van der Waals surface area (Å²) in [5.41, 5.74) is 0.550. The molecule has 0 radical (unpaired) electrons. The van der Waals surface area contributed by atoms with E-state index >= 15 is 0 Å². The minimum Gasteiger partial charge on any atom is -0.387 e. The number of hydrogen-bond donors (Lipinski definition) is 2. The van der Waals surface area contributed by atoms with Crippen LogP contribution in [-0.4, -0.2) is 33.1 Å². The largest absolute Gasteiger partial charge is 0.387 e. The van der Waals surface area contributed by atoms with Gasteiger partial charge in [0.1, 0.15) is 5.69 Å². The van der Waals surface area contributed by atoms with Crippen LogP contribution in [0, 0.1) is 0 Å². The number of nitrogens with zero attached hydrogens (tertiary/aromatic N) is 3. The minimum atomic E-state index is -0.571. The molecule has 1 heterocycles. The fraction of sp³-hybridized carbons (Fsp3) is 0.667. The molecule has 0 aromatic carbocycles. The van der Waals surface area contributed by atoms with E-state index in [-0.39, 0.29) is 5.91 Å². The van der Waals surface area contributed by atoms with Crippen LogP contribution >= 0.6 is 0 Å². The monoisotopic (exact) mass is 212 g/mol. The molecule has 1 amide bonds. The number of rotatable bonds is 5. The molecule has 1 aromatic rings. The molecule has 1 atom stereocenters. The minimum absolute atomic E-state index is 0.0388. The number of nitrogens with one attached hydrogen (secondary N) is 1. The Morgan fingerprint density at radius 2 is 2.47 bits per heavy atom. The Balaban J connectivity index is 2.49. The second kappa shape index (κ2) is 5.45. The smallest absolute Gasteiger partial charge is 0.221 e. The third kappa shape index (κ3) is 3.32. The van der Waals surface area contributed by atoms with Crippen LogP contribution in [0.15, 0.2) is 6.20 Å². The lowest BCUT2D eigenvalue weighted by Crippen LogP contribution is -2.19. The molecule has 0 aliphatic carbocycles. The van der Waals surface area contributed by atoms with Gasteiger partial charge in [-0.1, -0.05) is 12.1 Å². The lowest BCUT2D eigenvalue weighted by Gasteiger charge is -2.01. The molecule has 0 fully saturated rings. The first-order chi connectivity index (χ1) is 7.17. The highest BCUT2D eigenvalue weighted by Crippen LogP contribution is 2.11. The summed E-state index contributed by atoms with van der Waals surface area (Å²) in [5.74, 6) is -0.0388. The van der Waals surface area contributed by atoms with E-state index in [1.807, 2.05) is 6.92 Å². The molecule has 0 aliphatic heterocycles. The van der Waals surface area contributed by atoms with Crippen LogP contribution in [0.4, 0.5) is 0 Å². The van der Waals surface area contributed by atoms with E-state index in [4.69, 9.17) is 0 Å². The van der Waals surface area contributed by atoms with Crippen LogP contribution < -0.4 is 5.32 Å². The van der Waals surface area contributed by atoms with Gasteiger partial charge in [0, 0.05) is 13.5 Å². The van der Waals surface area contributed by atoms with Crippen molar-refractivity contribution >= 4 is 5.91 Å². The predicted molar refractivity (Wildman–Crippen MR) is 54.0 cm³/mol. The number of aliphatic hydroxyl groups is 1. The van der Waals surface area contributed by atoms with Crippen LogP contribution in [-0.2, 0) is 11.3 Å². The number of aromatic nitrogens is 3. The molecule has 1 aromatic heterocycles. The summed E-state index contributed by atoms with van der Waals surface area (Å²) in [4.78, 5) is 11.0. The van der Waals surface area contributed by atoms with Gasteiger partial charge in [0.15, 0.2) is 0 Å². The fourth-order valence-corrected chi connectivity index (χ4v) is 1.13.